The molecule has 1 fully saturated rings. The Bertz CT molecular complexity index is 479. The van der Waals surface area contributed by atoms with Crippen molar-refractivity contribution in [3.63, 3.8) is 0 Å². The van der Waals surface area contributed by atoms with Crippen LogP contribution in [0, 0.1) is 12.8 Å². The number of carbonyl (C=O) groups is 1. The molecule has 1 saturated heterocycles. The Morgan fingerprint density at radius 1 is 1.38 bits per heavy atom. The quantitative estimate of drug-likeness (QED) is 0.819. The molecule has 1 heterocycles. The van der Waals surface area contributed by atoms with Crippen molar-refractivity contribution in [1.29, 1.82) is 0 Å². The summed E-state index contributed by atoms with van der Waals surface area (Å²) >= 11 is 0. The second-order valence-corrected chi connectivity index (χ2v) is 6.15. The first-order valence-corrected chi connectivity index (χ1v) is 7.96. The molecule has 1 aromatic rings. The van der Waals surface area contributed by atoms with Gasteiger partial charge in [-0.1, -0.05) is 25.8 Å². The number of hydrogen-bond acceptors (Lipinski definition) is 3. The smallest absolute Gasteiger partial charge is 0.238 e. The molecule has 3 N–H and O–H groups in total. The van der Waals surface area contributed by atoms with E-state index in [1.807, 2.05) is 25.1 Å². The van der Waals surface area contributed by atoms with Crippen molar-refractivity contribution in [2.45, 2.75) is 39.5 Å². The molecular formula is C17H27N3O. The lowest BCUT2D eigenvalue weighted by Gasteiger charge is -2.31. The van der Waals surface area contributed by atoms with E-state index in [0.717, 1.165) is 24.6 Å². The van der Waals surface area contributed by atoms with Gasteiger partial charge in [-0.2, -0.15) is 0 Å². The number of benzene rings is 1. The number of rotatable bonds is 5. The number of carbonyl (C=O) groups excluding carboxylic acids is 1. The van der Waals surface area contributed by atoms with Crippen LogP contribution < -0.4 is 11.1 Å². The first-order chi connectivity index (χ1) is 10.1. The molecule has 0 bridgehead atoms. The van der Waals surface area contributed by atoms with E-state index >= 15 is 0 Å². The average molecular weight is 289 g/mol. The molecule has 0 aliphatic carbocycles. The standard InChI is InChI=1S/C17H27N3O/c1-3-4-14-7-9-20(10-8-14)12-17(21)19-16-6-5-13(2)11-15(16)18/h5-6,11,14H,3-4,7-10,12,18H2,1-2H3,(H,19,21). The number of nitrogen functional groups attached to an aromatic ring is 1. The first-order valence-electron chi connectivity index (χ1n) is 7.96. The highest BCUT2D eigenvalue weighted by atomic mass is 16.2. The SMILES string of the molecule is CCCC1CCN(CC(=O)Nc2ccc(C)cc2N)CC1. The molecule has 4 heteroatoms. The molecule has 21 heavy (non-hydrogen) atoms. The van der Waals surface area contributed by atoms with Gasteiger partial charge in [-0.05, 0) is 56.5 Å². The Hall–Kier alpha value is -1.55. The zero-order chi connectivity index (χ0) is 15.2. The van der Waals surface area contributed by atoms with E-state index in [9.17, 15) is 4.79 Å². The molecule has 0 unspecified atom stereocenters. The fraction of sp³-hybridized carbons (Fsp3) is 0.588. The van der Waals surface area contributed by atoms with Gasteiger partial charge in [-0.25, -0.2) is 0 Å². The van der Waals surface area contributed by atoms with Crippen LogP contribution in [0.25, 0.3) is 0 Å². The Balaban J connectivity index is 1.80. The van der Waals surface area contributed by atoms with Gasteiger partial charge in [0.1, 0.15) is 0 Å². The highest BCUT2D eigenvalue weighted by Crippen LogP contribution is 2.22. The Labute approximate surface area is 127 Å². The van der Waals surface area contributed by atoms with Gasteiger partial charge in [-0.15, -0.1) is 0 Å². The van der Waals surface area contributed by atoms with Gasteiger partial charge in [-0.3, -0.25) is 9.69 Å². The van der Waals surface area contributed by atoms with Crippen LogP contribution in [0.4, 0.5) is 11.4 Å². The van der Waals surface area contributed by atoms with Crippen molar-refractivity contribution in [1.82, 2.24) is 4.90 Å². The van der Waals surface area contributed by atoms with Crippen molar-refractivity contribution >= 4 is 17.3 Å². The number of likely N-dealkylation sites (tertiary alicyclic amines) is 1. The molecule has 0 aromatic heterocycles. The van der Waals surface area contributed by atoms with E-state index in [-0.39, 0.29) is 5.91 Å². The zero-order valence-electron chi connectivity index (χ0n) is 13.2. The summed E-state index contributed by atoms with van der Waals surface area (Å²) in [7, 11) is 0. The van der Waals surface area contributed by atoms with Gasteiger partial charge >= 0.3 is 0 Å². The van der Waals surface area contributed by atoms with E-state index < -0.39 is 0 Å². The fourth-order valence-electron chi connectivity index (χ4n) is 3.03. The summed E-state index contributed by atoms with van der Waals surface area (Å²) in [5.74, 6) is 0.876. The monoisotopic (exact) mass is 289 g/mol. The molecule has 1 amide bonds. The predicted octanol–water partition coefficient (Wildman–Crippen LogP) is 3.03. The van der Waals surface area contributed by atoms with Crippen molar-refractivity contribution in [2.75, 3.05) is 30.7 Å². The number of amides is 1. The molecule has 116 valence electrons. The van der Waals surface area contributed by atoms with Crippen LogP contribution in [0.2, 0.25) is 0 Å². The van der Waals surface area contributed by atoms with Gasteiger partial charge in [0, 0.05) is 0 Å². The third kappa shape index (κ3) is 4.74. The van der Waals surface area contributed by atoms with Crippen molar-refractivity contribution in [3.05, 3.63) is 23.8 Å². The minimum atomic E-state index is 0.0273. The highest BCUT2D eigenvalue weighted by Gasteiger charge is 2.20. The van der Waals surface area contributed by atoms with Crippen LogP contribution in [0.3, 0.4) is 0 Å². The molecule has 2 rings (SSSR count). The molecule has 0 atom stereocenters. The topological polar surface area (TPSA) is 58.4 Å². The first kappa shape index (κ1) is 15.8. The van der Waals surface area contributed by atoms with E-state index in [0.29, 0.717) is 17.9 Å². The molecule has 0 spiro atoms. The van der Waals surface area contributed by atoms with Crippen LogP contribution in [0.1, 0.15) is 38.2 Å². The predicted molar refractivity (Wildman–Crippen MR) is 88.3 cm³/mol. The molecule has 1 aliphatic rings. The molecule has 1 aromatic carbocycles. The summed E-state index contributed by atoms with van der Waals surface area (Å²) in [5.41, 5.74) is 8.37. The van der Waals surface area contributed by atoms with Gasteiger partial charge in [0.15, 0.2) is 0 Å². The average Bonchev–Trinajstić information content (AvgIpc) is 2.44. The fourth-order valence-corrected chi connectivity index (χ4v) is 3.03. The van der Waals surface area contributed by atoms with Crippen molar-refractivity contribution < 1.29 is 4.79 Å². The molecular weight excluding hydrogens is 262 g/mol. The molecule has 4 nitrogen and oxygen atoms in total. The number of nitrogens with zero attached hydrogens (tertiary/aromatic N) is 1. The van der Waals surface area contributed by atoms with E-state index in [1.54, 1.807) is 0 Å². The van der Waals surface area contributed by atoms with Crippen molar-refractivity contribution in [2.24, 2.45) is 5.92 Å². The number of hydrogen-bond donors (Lipinski definition) is 2. The lowest BCUT2D eigenvalue weighted by Crippen LogP contribution is -2.39. The van der Waals surface area contributed by atoms with Crippen LogP contribution in [-0.4, -0.2) is 30.4 Å². The molecule has 0 radical (unpaired) electrons. The Kier molecular flexibility index (Phi) is 5.62. The van der Waals surface area contributed by atoms with E-state index in [4.69, 9.17) is 5.73 Å². The summed E-state index contributed by atoms with van der Waals surface area (Å²) in [6.45, 7) is 6.75. The van der Waals surface area contributed by atoms with Gasteiger partial charge < -0.3 is 11.1 Å². The van der Waals surface area contributed by atoms with E-state index in [1.165, 1.54) is 25.7 Å². The van der Waals surface area contributed by atoms with Crippen molar-refractivity contribution in [3.8, 4) is 0 Å². The second kappa shape index (κ2) is 7.46. The minimum Gasteiger partial charge on any atom is -0.397 e. The minimum absolute atomic E-state index is 0.0273. The maximum absolute atomic E-state index is 12.1. The lowest BCUT2D eigenvalue weighted by molar-refractivity contribution is -0.117. The Morgan fingerprint density at radius 2 is 2.10 bits per heavy atom. The summed E-state index contributed by atoms with van der Waals surface area (Å²) < 4.78 is 0. The third-order valence-corrected chi connectivity index (χ3v) is 4.25. The second-order valence-electron chi connectivity index (χ2n) is 6.15. The number of nitrogens with one attached hydrogen (secondary N) is 1. The number of nitrogens with two attached hydrogens (primary N) is 1. The summed E-state index contributed by atoms with van der Waals surface area (Å²) in [4.78, 5) is 14.4. The normalized spacial score (nSPS) is 16.9. The van der Waals surface area contributed by atoms with E-state index in [2.05, 4.69) is 17.1 Å². The maximum atomic E-state index is 12.1. The highest BCUT2D eigenvalue weighted by molar-refractivity contribution is 5.95. The largest absolute Gasteiger partial charge is 0.397 e. The third-order valence-electron chi connectivity index (χ3n) is 4.25. The van der Waals surface area contributed by atoms with Gasteiger partial charge in [0.2, 0.25) is 5.91 Å². The van der Waals surface area contributed by atoms with Gasteiger partial charge in [0.05, 0.1) is 17.9 Å². The summed E-state index contributed by atoms with van der Waals surface area (Å²) in [6.07, 6.45) is 5.01. The van der Waals surface area contributed by atoms with Crippen LogP contribution in [-0.2, 0) is 4.79 Å². The van der Waals surface area contributed by atoms with Gasteiger partial charge in [0.25, 0.3) is 0 Å². The number of anilines is 2. The number of aryl methyl sites for hydroxylation is 1. The van der Waals surface area contributed by atoms with Crippen LogP contribution in [0.5, 0.6) is 0 Å². The van der Waals surface area contributed by atoms with Crippen LogP contribution >= 0.6 is 0 Å². The summed E-state index contributed by atoms with van der Waals surface area (Å²) in [6, 6.07) is 5.71. The zero-order valence-corrected chi connectivity index (χ0v) is 13.2. The number of piperidine rings is 1. The molecule has 0 saturated carbocycles. The maximum Gasteiger partial charge on any atom is 0.238 e. The van der Waals surface area contributed by atoms with Crippen LogP contribution in [0.15, 0.2) is 18.2 Å². The molecule has 1 aliphatic heterocycles. The Morgan fingerprint density at radius 3 is 2.71 bits per heavy atom. The lowest BCUT2D eigenvalue weighted by atomic mass is 9.92. The summed E-state index contributed by atoms with van der Waals surface area (Å²) in [5, 5.41) is 2.92.